The quantitative estimate of drug-likeness (QED) is 0.351. The average Bonchev–Trinajstić information content (AvgIpc) is 2.88. The SMILES string of the molecule is CCCCn1c(SCC[NH2+]CCO)nnc1[C@@H](CC)[NH+](C)C. The van der Waals surface area contributed by atoms with E-state index in [0.29, 0.717) is 6.04 Å². The molecule has 1 rings (SSSR count). The predicted octanol–water partition coefficient (Wildman–Crippen LogP) is -0.678. The number of nitrogens with zero attached hydrogens (tertiary/aromatic N) is 3. The highest BCUT2D eigenvalue weighted by Gasteiger charge is 2.24. The highest BCUT2D eigenvalue weighted by molar-refractivity contribution is 7.99. The summed E-state index contributed by atoms with van der Waals surface area (Å²) in [5, 5.41) is 20.9. The first-order valence-electron chi connectivity index (χ1n) is 8.44. The zero-order chi connectivity index (χ0) is 16.4. The van der Waals surface area contributed by atoms with Crippen molar-refractivity contribution in [3.8, 4) is 0 Å². The maximum Gasteiger partial charge on any atom is 0.192 e. The first-order valence-corrected chi connectivity index (χ1v) is 9.42. The van der Waals surface area contributed by atoms with Gasteiger partial charge >= 0.3 is 0 Å². The van der Waals surface area contributed by atoms with Crippen molar-refractivity contribution in [2.24, 2.45) is 0 Å². The molecule has 7 heteroatoms. The third-order valence-corrected chi connectivity index (χ3v) is 4.78. The predicted molar refractivity (Wildman–Crippen MR) is 90.2 cm³/mol. The van der Waals surface area contributed by atoms with Crippen LogP contribution in [0.2, 0.25) is 0 Å². The van der Waals surface area contributed by atoms with E-state index >= 15 is 0 Å². The van der Waals surface area contributed by atoms with Crippen LogP contribution in [0.4, 0.5) is 0 Å². The summed E-state index contributed by atoms with van der Waals surface area (Å²) in [5.41, 5.74) is 0. The van der Waals surface area contributed by atoms with Crippen LogP contribution in [-0.4, -0.2) is 59.4 Å². The van der Waals surface area contributed by atoms with Crippen molar-refractivity contribution in [1.29, 1.82) is 0 Å². The number of hydrogen-bond acceptors (Lipinski definition) is 4. The molecule has 0 saturated heterocycles. The number of aliphatic hydroxyl groups excluding tert-OH is 1. The number of aliphatic hydroxyl groups is 1. The van der Waals surface area contributed by atoms with Crippen molar-refractivity contribution >= 4 is 11.8 Å². The molecular weight excluding hydrogens is 298 g/mol. The van der Waals surface area contributed by atoms with Crippen LogP contribution in [0.15, 0.2) is 5.16 Å². The first kappa shape index (κ1) is 19.4. The third-order valence-electron chi connectivity index (χ3n) is 3.78. The molecule has 0 spiro atoms. The molecule has 0 aliphatic heterocycles. The smallest absolute Gasteiger partial charge is 0.192 e. The van der Waals surface area contributed by atoms with Gasteiger partial charge in [0, 0.05) is 13.0 Å². The molecule has 1 aromatic heterocycles. The number of nitrogens with one attached hydrogen (secondary N) is 1. The molecule has 0 amide bonds. The summed E-state index contributed by atoms with van der Waals surface area (Å²) in [6, 6.07) is 0.402. The van der Waals surface area contributed by atoms with Gasteiger partial charge in [0.05, 0.1) is 39.5 Å². The van der Waals surface area contributed by atoms with Crippen molar-refractivity contribution < 1.29 is 15.3 Å². The molecule has 1 heterocycles. The number of quaternary nitrogens is 2. The minimum atomic E-state index is 0.241. The lowest BCUT2D eigenvalue weighted by atomic mass is 10.2. The van der Waals surface area contributed by atoms with Gasteiger partial charge in [0.2, 0.25) is 0 Å². The van der Waals surface area contributed by atoms with Crippen LogP contribution in [0.1, 0.15) is 45.0 Å². The van der Waals surface area contributed by atoms with Gasteiger partial charge in [-0.05, 0) is 6.42 Å². The molecule has 6 nitrogen and oxygen atoms in total. The zero-order valence-corrected chi connectivity index (χ0v) is 15.3. The Bertz CT molecular complexity index is 411. The van der Waals surface area contributed by atoms with Gasteiger partial charge in [-0.15, -0.1) is 10.2 Å². The second-order valence-electron chi connectivity index (χ2n) is 5.82. The van der Waals surface area contributed by atoms with Crippen LogP contribution in [0.3, 0.4) is 0 Å². The minimum absolute atomic E-state index is 0.241. The Labute approximate surface area is 138 Å². The number of aromatic nitrogens is 3. The highest BCUT2D eigenvalue weighted by Crippen LogP contribution is 2.21. The fourth-order valence-corrected chi connectivity index (χ4v) is 3.42. The van der Waals surface area contributed by atoms with E-state index < -0.39 is 0 Å². The summed E-state index contributed by atoms with van der Waals surface area (Å²) in [6.45, 7) is 7.45. The summed E-state index contributed by atoms with van der Waals surface area (Å²) in [5.74, 6) is 2.12. The largest absolute Gasteiger partial charge is 0.391 e. The normalized spacial score (nSPS) is 13.0. The highest BCUT2D eigenvalue weighted by atomic mass is 32.2. The van der Waals surface area contributed by atoms with E-state index in [-0.39, 0.29) is 6.61 Å². The Kier molecular flexibility index (Phi) is 9.70. The second-order valence-corrected chi connectivity index (χ2v) is 6.88. The molecule has 0 aliphatic rings. The van der Waals surface area contributed by atoms with Crippen molar-refractivity contribution in [1.82, 2.24) is 14.8 Å². The van der Waals surface area contributed by atoms with Crippen LogP contribution in [-0.2, 0) is 6.54 Å². The Morgan fingerprint density at radius 1 is 1.27 bits per heavy atom. The Balaban J connectivity index is 2.76. The molecule has 1 aromatic rings. The molecule has 0 unspecified atom stereocenters. The maximum atomic E-state index is 8.80. The fourth-order valence-electron chi connectivity index (χ4n) is 2.51. The van der Waals surface area contributed by atoms with Gasteiger partial charge in [0.1, 0.15) is 6.04 Å². The number of nitrogens with two attached hydrogens (primary N) is 1. The first-order chi connectivity index (χ1) is 10.7. The summed E-state index contributed by atoms with van der Waals surface area (Å²) in [7, 11) is 4.37. The van der Waals surface area contributed by atoms with Gasteiger partial charge in [0.15, 0.2) is 11.0 Å². The van der Waals surface area contributed by atoms with Crippen molar-refractivity contribution in [3.63, 3.8) is 0 Å². The maximum absolute atomic E-state index is 8.80. The van der Waals surface area contributed by atoms with Crippen LogP contribution in [0, 0.1) is 0 Å². The number of hydrogen-bond donors (Lipinski definition) is 3. The molecule has 0 fully saturated rings. The molecule has 0 radical (unpaired) electrons. The molecule has 0 aromatic carbocycles. The minimum Gasteiger partial charge on any atom is -0.391 e. The third kappa shape index (κ3) is 5.87. The van der Waals surface area contributed by atoms with Crippen molar-refractivity contribution in [3.05, 3.63) is 5.82 Å². The van der Waals surface area contributed by atoms with Crippen molar-refractivity contribution in [2.45, 2.75) is 50.9 Å². The van der Waals surface area contributed by atoms with Gasteiger partial charge in [-0.3, -0.25) is 0 Å². The van der Waals surface area contributed by atoms with E-state index in [2.05, 4.69) is 48.0 Å². The lowest BCUT2D eigenvalue weighted by Gasteiger charge is -2.20. The van der Waals surface area contributed by atoms with Crippen LogP contribution < -0.4 is 10.2 Å². The molecule has 0 aliphatic carbocycles. The second kappa shape index (κ2) is 11.0. The van der Waals surface area contributed by atoms with E-state index in [9.17, 15) is 0 Å². The summed E-state index contributed by atoms with van der Waals surface area (Å²) in [6.07, 6.45) is 3.41. The molecule has 4 N–H and O–H groups in total. The fraction of sp³-hybridized carbons (Fsp3) is 0.867. The molecule has 0 bridgehead atoms. The van der Waals surface area contributed by atoms with Crippen LogP contribution in [0.5, 0.6) is 0 Å². The van der Waals surface area contributed by atoms with E-state index in [1.807, 2.05) is 0 Å². The van der Waals surface area contributed by atoms with E-state index in [1.54, 1.807) is 11.8 Å². The zero-order valence-electron chi connectivity index (χ0n) is 14.5. The molecule has 22 heavy (non-hydrogen) atoms. The van der Waals surface area contributed by atoms with E-state index in [1.165, 1.54) is 11.3 Å². The summed E-state index contributed by atoms with van der Waals surface area (Å²) < 4.78 is 2.32. The Hall–Kier alpha value is -0.630. The molecule has 1 atom stereocenters. The van der Waals surface area contributed by atoms with Gasteiger partial charge in [0.25, 0.3) is 0 Å². The molecule has 0 saturated carbocycles. The molecule has 128 valence electrons. The van der Waals surface area contributed by atoms with Crippen LogP contribution >= 0.6 is 11.8 Å². The van der Waals surface area contributed by atoms with Gasteiger partial charge in [-0.25, -0.2) is 0 Å². The Morgan fingerprint density at radius 3 is 2.64 bits per heavy atom. The molecular formula is C15H33N5OS+2. The number of unbranched alkanes of at least 4 members (excludes halogenated alkanes) is 1. The lowest BCUT2D eigenvalue weighted by Crippen LogP contribution is -3.06. The van der Waals surface area contributed by atoms with Gasteiger partial charge in [-0.1, -0.05) is 32.0 Å². The number of thioether (sulfide) groups is 1. The Morgan fingerprint density at radius 2 is 2.05 bits per heavy atom. The van der Waals surface area contributed by atoms with Gasteiger partial charge in [-0.2, -0.15) is 0 Å². The topological polar surface area (TPSA) is 72.0 Å². The summed E-state index contributed by atoms with van der Waals surface area (Å²) >= 11 is 1.78. The van der Waals surface area contributed by atoms with E-state index in [4.69, 9.17) is 5.11 Å². The van der Waals surface area contributed by atoms with Crippen LogP contribution in [0.25, 0.3) is 0 Å². The van der Waals surface area contributed by atoms with E-state index in [0.717, 1.165) is 49.2 Å². The van der Waals surface area contributed by atoms with Gasteiger partial charge < -0.3 is 19.9 Å². The summed E-state index contributed by atoms with van der Waals surface area (Å²) in [4.78, 5) is 1.40. The number of rotatable bonds is 12. The standard InChI is InChI=1S/C15H31N5OS/c1-5-7-10-20-14(13(6-2)19(3)4)17-18-15(20)22-12-9-16-8-11-21/h13,16,21H,5-12H2,1-4H3/p+2/t13-/m1/s1. The van der Waals surface area contributed by atoms with Crippen molar-refractivity contribution in [2.75, 3.05) is 39.5 Å². The average molecular weight is 332 g/mol. The monoisotopic (exact) mass is 331 g/mol. The lowest BCUT2D eigenvalue weighted by molar-refractivity contribution is -0.893.